The maximum Gasteiger partial charge on any atom is 0.256 e. The number of amides is 1. The molecule has 1 aromatic heterocycles. The summed E-state index contributed by atoms with van der Waals surface area (Å²) in [4.78, 5) is 22.1. The van der Waals surface area contributed by atoms with E-state index in [1.54, 1.807) is 0 Å². The number of aromatic nitrogens is 1. The van der Waals surface area contributed by atoms with Crippen molar-refractivity contribution >= 4 is 11.7 Å². The number of ether oxygens (including phenoxy) is 2. The minimum Gasteiger partial charge on any atom is -0.490 e. The molecular weight excluding hydrogens is 392 g/mol. The molecule has 5 heterocycles. The number of aryl methyl sites for hydroxylation is 1. The molecule has 4 aliphatic rings. The maximum absolute atomic E-state index is 12.8. The molecule has 0 radical (unpaired) electrons. The lowest BCUT2D eigenvalue weighted by Gasteiger charge is -2.34. The first-order chi connectivity index (χ1) is 15.2. The van der Waals surface area contributed by atoms with E-state index in [2.05, 4.69) is 35.3 Å². The van der Waals surface area contributed by atoms with Crippen LogP contribution in [0, 0.1) is 6.92 Å². The third-order valence-electron chi connectivity index (χ3n) is 7.00. The number of piperazine rings is 1. The van der Waals surface area contributed by atoms with Gasteiger partial charge in [-0.25, -0.2) is 4.98 Å². The Morgan fingerprint density at radius 1 is 1.13 bits per heavy atom. The summed E-state index contributed by atoms with van der Waals surface area (Å²) >= 11 is 0. The van der Waals surface area contributed by atoms with Gasteiger partial charge in [0.25, 0.3) is 5.91 Å². The molecule has 1 atom stereocenters. The molecule has 0 unspecified atom stereocenters. The smallest absolute Gasteiger partial charge is 0.256 e. The zero-order chi connectivity index (χ0) is 20.9. The van der Waals surface area contributed by atoms with E-state index >= 15 is 0 Å². The van der Waals surface area contributed by atoms with E-state index in [9.17, 15) is 4.79 Å². The second-order valence-corrected chi connectivity index (χ2v) is 9.01. The highest BCUT2D eigenvalue weighted by molar-refractivity contribution is 5.99. The Balaban J connectivity index is 1.16. The summed E-state index contributed by atoms with van der Waals surface area (Å²) in [5.74, 6) is 2.10. The number of hydrogen-bond acceptors (Lipinski definition) is 6. The average molecular weight is 421 g/mol. The third kappa shape index (κ3) is 3.27. The van der Waals surface area contributed by atoms with Gasteiger partial charge >= 0.3 is 0 Å². The highest BCUT2D eigenvalue weighted by Crippen LogP contribution is 2.36. The molecule has 0 aliphatic carbocycles. The van der Waals surface area contributed by atoms with Gasteiger partial charge in [0.1, 0.15) is 17.7 Å². The largest absolute Gasteiger partial charge is 0.490 e. The van der Waals surface area contributed by atoms with Crippen LogP contribution < -0.4 is 15.0 Å². The standard InChI is InChI=1S/C24H28N4O3/c1-15-10-20-22(21-12-25-6-9-28(21)24(20)29)26-23(15)27-7-4-18(5-8-27)31-19-3-2-16-13-30-14-17(16)11-19/h2-3,10-11,18,21,25H,4-9,12-14H2,1H3/t21-/m1/s1. The van der Waals surface area contributed by atoms with E-state index in [4.69, 9.17) is 14.5 Å². The Bertz CT molecular complexity index is 1030. The first kappa shape index (κ1) is 19.1. The number of piperidine rings is 1. The Labute approximate surface area is 182 Å². The van der Waals surface area contributed by atoms with Crippen LogP contribution in [-0.4, -0.2) is 54.6 Å². The fraction of sp³-hybridized carbons (Fsp3) is 0.500. The molecule has 7 nitrogen and oxygen atoms in total. The van der Waals surface area contributed by atoms with Crippen molar-refractivity contribution in [3.05, 3.63) is 52.2 Å². The monoisotopic (exact) mass is 420 g/mol. The van der Waals surface area contributed by atoms with Gasteiger partial charge in [0.2, 0.25) is 0 Å². The Morgan fingerprint density at radius 3 is 2.84 bits per heavy atom. The number of anilines is 1. The van der Waals surface area contributed by atoms with E-state index in [0.29, 0.717) is 13.2 Å². The topological polar surface area (TPSA) is 66.9 Å². The van der Waals surface area contributed by atoms with Crippen molar-refractivity contribution in [2.75, 3.05) is 37.6 Å². The summed E-state index contributed by atoms with van der Waals surface area (Å²) in [5.41, 5.74) is 5.32. The minimum absolute atomic E-state index is 0.0697. The van der Waals surface area contributed by atoms with Crippen LogP contribution in [-0.2, 0) is 18.0 Å². The Hall–Kier alpha value is -2.64. The second-order valence-electron chi connectivity index (χ2n) is 9.01. The van der Waals surface area contributed by atoms with Crippen LogP contribution in [0.15, 0.2) is 24.3 Å². The van der Waals surface area contributed by atoms with E-state index in [1.165, 1.54) is 11.1 Å². The number of pyridine rings is 1. The summed E-state index contributed by atoms with van der Waals surface area (Å²) in [7, 11) is 0. The predicted molar refractivity (Wildman–Crippen MR) is 116 cm³/mol. The minimum atomic E-state index is 0.0697. The van der Waals surface area contributed by atoms with Crippen molar-refractivity contribution in [2.45, 2.75) is 45.1 Å². The number of carbonyl (C=O) groups excluding carboxylic acids is 1. The average Bonchev–Trinajstić information content (AvgIpc) is 3.37. The van der Waals surface area contributed by atoms with Gasteiger partial charge in [-0.15, -0.1) is 0 Å². The summed E-state index contributed by atoms with van der Waals surface area (Å²) < 4.78 is 11.8. The van der Waals surface area contributed by atoms with Crippen LogP contribution in [0.5, 0.6) is 5.75 Å². The highest BCUT2D eigenvalue weighted by Gasteiger charge is 2.40. The van der Waals surface area contributed by atoms with Gasteiger partial charge in [-0.05, 0) is 41.8 Å². The molecule has 2 saturated heterocycles. The van der Waals surface area contributed by atoms with Crippen molar-refractivity contribution in [2.24, 2.45) is 0 Å². The summed E-state index contributed by atoms with van der Waals surface area (Å²) in [6.45, 7) is 7.68. The van der Waals surface area contributed by atoms with E-state index in [1.807, 2.05) is 11.0 Å². The number of nitrogens with one attached hydrogen (secondary N) is 1. The van der Waals surface area contributed by atoms with Crippen LogP contribution >= 0.6 is 0 Å². The quantitative estimate of drug-likeness (QED) is 0.823. The zero-order valence-electron chi connectivity index (χ0n) is 17.9. The van der Waals surface area contributed by atoms with Crippen LogP contribution in [0.1, 0.15) is 51.6 Å². The van der Waals surface area contributed by atoms with Gasteiger partial charge in [0, 0.05) is 45.6 Å². The van der Waals surface area contributed by atoms with Gasteiger partial charge in [-0.1, -0.05) is 6.07 Å². The summed E-state index contributed by atoms with van der Waals surface area (Å²) in [5, 5.41) is 3.40. The van der Waals surface area contributed by atoms with Crippen LogP contribution in [0.3, 0.4) is 0 Å². The van der Waals surface area contributed by atoms with Crippen molar-refractivity contribution < 1.29 is 14.3 Å². The van der Waals surface area contributed by atoms with Crippen molar-refractivity contribution in [1.82, 2.24) is 15.2 Å². The van der Waals surface area contributed by atoms with Crippen molar-refractivity contribution in [3.63, 3.8) is 0 Å². The number of rotatable bonds is 3. The molecule has 0 bridgehead atoms. The van der Waals surface area contributed by atoms with Crippen molar-refractivity contribution in [3.8, 4) is 5.75 Å². The van der Waals surface area contributed by atoms with E-state index in [0.717, 1.165) is 74.0 Å². The number of fused-ring (bicyclic) bond motifs is 4. The molecule has 31 heavy (non-hydrogen) atoms. The molecule has 7 heteroatoms. The molecule has 2 fully saturated rings. The summed E-state index contributed by atoms with van der Waals surface area (Å²) in [6, 6.07) is 8.43. The van der Waals surface area contributed by atoms with Crippen LogP contribution in [0.4, 0.5) is 5.82 Å². The normalized spacial score (nSPS) is 23.0. The first-order valence-corrected chi connectivity index (χ1v) is 11.3. The van der Waals surface area contributed by atoms with Gasteiger partial charge < -0.3 is 24.6 Å². The lowest BCUT2D eigenvalue weighted by molar-refractivity contribution is 0.0689. The molecule has 2 aromatic rings. The molecule has 1 aromatic carbocycles. The number of benzene rings is 1. The Kier molecular flexibility index (Phi) is 4.61. The molecular formula is C24H28N4O3. The fourth-order valence-electron chi connectivity index (χ4n) is 5.31. The van der Waals surface area contributed by atoms with Crippen LogP contribution in [0.2, 0.25) is 0 Å². The molecule has 1 amide bonds. The Morgan fingerprint density at radius 2 is 1.97 bits per heavy atom. The second kappa shape index (κ2) is 7.50. The summed E-state index contributed by atoms with van der Waals surface area (Å²) in [6.07, 6.45) is 2.13. The predicted octanol–water partition coefficient (Wildman–Crippen LogP) is 2.57. The highest BCUT2D eigenvalue weighted by atomic mass is 16.5. The molecule has 4 aliphatic heterocycles. The zero-order valence-corrected chi connectivity index (χ0v) is 17.9. The number of hydrogen-bond donors (Lipinski definition) is 1. The molecule has 0 spiro atoms. The maximum atomic E-state index is 12.8. The van der Waals surface area contributed by atoms with Gasteiger partial charge in [-0.2, -0.15) is 0 Å². The van der Waals surface area contributed by atoms with Gasteiger partial charge in [0.05, 0.1) is 30.5 Å². The molecule has 1 N–H and O–H groups in total. The molecule has 6 rings (SSSR count). The van der Waals surface area contributed by atoms with Gasteiger partial charge in [-0.3, -0.25) is 4.79 Å². The lowest BCUT2D eigenvalue weighted by Crippen LogP contribution is -2.45. The number of carbonyl (C=O) groups is 1. The first-order valence-electron chi connectivity index (χ1n) is 11.3. The van der Waals surface area contributed by atoms with E-state index < -0.39 is 0 Å². The molecule has 0 saturated carbocycles. The van der Waals surface area contributed by atoms with Crippen LogP contribution in [0.25, 0.3) is 0 Å². The van der Waals surface area contributed by atoms with E-state index in [-0.39, 0.29) is 18.1 Å². The van der Waals surface area contributed by atoms with Crippen molar-refractivity contribution in [1.29, 1.82) is 0 Å². The molecule has 162 valence electrons. The SMILES string of the molecule is Cc1cc2c(nc1N1CCC(Oc3ccc4c(c3)COC4)CC1)[C@H]1CNCCN1C2=O. The lowest BCUT2D eigenvalue weighted by atomic mass is 10.0. The number of nitrogens with zero attached hydrogens (tertiary/aromatic N) is 3. The third-order valence-corrected chi connectivity index (χ3v) is 7.00. The fourth-order valence-corrected chi connectivity index (χ4v) is 5.31. The van der Waals surface area contributed by atoms with Gasteiger partial charge in [0.15, 0.2) is 0 Å².